The normalized spacial score (nSPS) is 27.2. The van der Waals surface area contributed by atoms with Crippen molar-refractivity contribution in [2.24, 2.45) is 0 Å². The van der Waals surface area contributed by atoms with E-state index in [1.54, 1.807) is 0 Å². The first-order valence-electron chi connectivity index (χ1n) is 8.22. The van der Waals surface area contributed by atoms with Crippen molar-refractivity contribution >= 4 is 18.3 Å². The number of rotatable bonds is 2. The Morgan fingerprint density at radius 3 is 2.23 bits per heavy atom. The predicted octanol–water partition coefficient (Wildman–Crippen LogP) is 1.78. The van der Waals surface area contributed by atoms with Crippen molar-refractivity contribution in [2.45, 2.75) is 51.9 Å². The van der Waals surface area contributed by atoms with E-state index < -0.39 is 0 Å². The summed E-state index contributed by atoms with van der Waals surface area (Å²) < 4.78 is 12.2. The number of hydrogen-bond acceptors (Lipinski definition) is 4. The molecule has 0 spiro atoms. The Morgan fingerprint density at radius 1 is 1.09 bits per heavy atom. The molecule has 3 rings (SSSR count). The van der Waals surface area contributed by atoms with Gasteiger partial charge in [-0.15, -0.1) is 0 Å². The van der Waals surface area contributed by atoms with Gasteiger partial charge in [-0.3, -0.25) is 0 Å². The molecule has 5 heteroatoms. The summed E-state index contributed by atoms with van der Waals surface area (Å²) in [6.07, 6.45) is 0. The summed E-state index contributed by atoms with van der Waals surface area (Å²) in [5, 5.41) is 3.47. The van der Waals surface area contributed by atoms with Crippen molar-refractivity contribution < 1.29 is 9.31 Å². The van der Waals surface area contributed by atoms with Crippen LogP contribution >= 0.6 is 0 Å². The quantitative estimate of drug-likeness (QED) is 0.845. The van der Waals surface area contributed by atoms with Gasteiger partial charge in [0.2, 0.25) is 0 Å². The summed E-state index contributed by atoms with van der Waals surface area (Å²) in [7, 11) is -0.277. The first-order chi connectivity index (χ1) is 10.3. The highest BCUT2D eigenvalue weighted by Gasteiger charge is 2.51. The van der Waals surface area contributed by atoms with Gasteiger partial charge in [0.05, 0.1) is 11.2 Å². The summed E-state index contributed by atoms with van der Waals surface area (Å²) in [6.45, 7) is 13.7. The number of anilines is 1. The molecular weight excluding hydrogens is 275 g/mol. The summed E-state index contributed by atoms with van der Waals surface area (Å²) in [4.78, 5) is 2.43. The molecule has 0 radical (unpaired) electrons. The minimum absolute atomic E-state index is 0.277. The van der Waals surface area contributed by atoms with Crippen LogP contribution in [0.1, 0.15) is 34.6 Å². The van der Waals surface area contributed by atoms with Crippen LogP contribution in [-0.2, 0) is 9.31 Å². The Bertz CT molecular complexity index is 514. The molecule has 1 atom stereocenters. The number of nitrogens with one attached hydrogen (secondary N) is 1. The summed E-state index contributed by atoms with van der Waals surface area (Å²) >= 11 is 0. The van der Waals surface area contributed by atoms with E-state index >= 15 is 0 Å². The lowest BCUT2D eigenvalue weighted by Gasteiger charge is -2.33. The van der Waals surface area contributed by atoms with Crippen LogP contribution in [0.15, 0.2) is 24.3 Å². The molecule has 2 saturated heterocycles. The van der Waals surface area contributed by atoms with Crippen LogP contribution in [-0.4, -0.2) is 44.0 Å². The molecule has 1 aromatic carbocycles. The Labute approximate surface area is 134 Å². The minimum Gasteiger partial charge on any atom is -0.399 e. The SMILES string of the molecule is C[C@H]1CN(c2ccc(B3OC(C)(C)C(C)(C)O3)cc2)CCN1. The molecule has 0 aromatic heterocycles. The largest absolute Gasteiger partial charge is 0.494 e. The highest BCUT2D eigenvalue weighted by molar-refractivity contribution is 6.62. The van der Waals surface area contributed by atoms with Crippen LogP contribution < -0.4 is 15.7 Å². The molecule has 4 nitrogen and oxygen atoms in total. The van der Waals surface area contributed by atoms with E-state index in [2.05, 4.69) is 69.1 Å². The van der Waals surface area contributed by atoms with Crippen molar-refractivity contribution in [3.8, 4) is 0 Å². The monoisotopic (exact) mass is 302 g/mol. The van der Waals surface area contributed by atoms with Crippen molar-refractivity contribution in [1.29, 1.82) is 0 Å². The fourth-order valence-corrected chi connectivity index (χ4v) is 2.99. The van der Waals surface area contributed by atoms with Crippen LogP contribution in [0.5, 0.6) is 0 Å². The standard InChI is InChI=1S/C17H27BN2O2/c1-13-12-20(11-10-19-13)15-8-6-14(7-9-15)18-21-16(2,3)17(4,5)22-18/h6-9,13,19H,10-12H2,1-5H3/t13-/m0/s1. The van der Waals surface area contributed by atoms with E-state index in [1.807, 2.05) is 0 Å². The fourth-order valence-electron chi connectivity index (χ4n) is 2.99. The Hall–Kier alpha value is -1.04. The number of hydrogen-bond donors (Lipinski definition) is 1. The van der Waals surface area contributed by atoms with Gasteiger partial charge >= 0.3 is 7.12 Å². The maximum atomic E-state index is 6.11. The van der Waals surface area contributed by atoms with Gasteiger partial charge in [0.25, 0.3) is 0 Å². The molecule has 0 unspecified atom stereocenters. The van der Waals surface area contributed by atoms with Crippen LogP contribution in [0.4, 0.5) is 5.69 Å². The third kappa shape index (κ3) is 2.90. The molecule has 0 saturated carbocycles. The first-order valence-corrected chi connectivity index (χ1v) is 8.22. The zero-order valence-electron chi connectivity index (χ0n) is 14.3. The molecule has 0 aliphatic carbocycles. The smallest absolute Gasteiger partial charge is 0.399 e. The second-order valence-corrected chi connectivity index (χ2v) is 7.48. The van der Waals surface area contributed by atoms with Crippen molar-refractivity contribution in [3.63, 3.8) is 0 Å². The lowest BCUT2D eigenvalue weighted by molar-refractivity contribution is 0.00578. The molecule has 1 N–H and O–H groups in total. The van der Waals surface area contributed by atoms with E-state index in [1.165, 1.54) is 5.69 Å². The van der Waals surface area contributed by atoms with Crippen molar-refractivity contribution in [2.75, 3.05) is 24.5 Å². The maximum absolute atomic E-state index is 6.11. The summed E-state index contributed by atoms with van der Waals surface area (Å²) in [5.41, 5.74) is 1.79. The molecule has 120 valence electrons. The van der Waals surface area contributed by atoms with Crippen molar-refractivity contribution in [1.82, 2.24) is 5.32 Å². The second-order valence-electron chi connectivity index (χ2n) is 7.48. The molecule has 2 fully saturated rings. The molecule has 2 aliphatic rings. The first kappa shape index (κ1) is 15.8. The van der Waals surface area contributed by atoms with E-state index in [9.17, 15) is 0 Å². The van der Waals surface area contributed by atoms with Gasteiger partial charge < -0.3 is 19.5 Å². The van der Waals surface area contributed by atoms with Gasteiger partial charge in [-0.05, 0) is 52.2 Å². The predicted molar refractivity (Wildman–Crippen MR) is 91.8 cm³/mol. The van der Waals surface area contributed by atoms with Gasteiger partial charge in [0.1, 0.15) is 0 Å². The highest BCUT2D eigenvalue weighted by atomic mass is 16.7. The maximum Gasteiger partial charge on any atom is 0.494 e. The molecule has 2 aliphatic heterocycles. The van der Waals surface area contributed by atoms with E-state index in [0.29, 0.717) is 6.04 Å². The average molecular weight is 302 g/mol. The molecule has 1 aromatic rings. The lowest BCUT2D eigenvalue weighted by Crippen LogP contribution is -2.49. The minimum atomic E-state index is -0.287. The van der Waals surface area contributed by atoms with Crippen LogP contribution in [0.2, 0.25) is 0 Å². The topological polar surface area (TPSA) is 33.7 Å². The van der Waals surface area contributed by atoms with Gasteiger partial charge in [0.15, 0.2) is 0 Å². The van der Waals surface area contributed by atoms with E-state index in [-0.39, 0.29) is 18.3 Å². The molecular formula is C17H27BN2O2. The average Bonchev–Trinajstić information content (AvgIpc) is 2.68. The third-order valence-electron chi connectivity index (χ3n) is 5.15. The van der Waals surface area contributed by atoms with Gasteiger partial charge in [-0.25, -0.2) is 0 Å². The lowest BCUT2D eigenvalue weighted by atomic mass is 9.79. The second kappa shape index (κ2) is 5.55. The fraction of sp³-hybridized carbons (Fsp3) is 0.647. The molecule has 0 bridgehead atoms. The van der Waals surface area contributed by atoms with Crippen LogP contribution in [0, 0.1) is 0 Å². The number of piperazine rings is 1. The number of nitrogens with zero attached hydrogens (tertiary/aromatic N) is 1. The Morgan fingerprint density at radius 2 is 1.68 bits per heavy atom. The summed E-state index contributed by atoms with van der Waals surface area (Å²) in [6, 6.07) is 9.15. The Balaban J connectivity index is 1.72. The van der Waals surface area contributed by atoms with E-state index in [4.69, 9.17) is 9.31 Å². The van der Waals surface area contributed by atoms with Gasteiger partial charge in [-0.2, -0.15) is 0 Å². The highest BCUT2D eigenvalue weighted by Crippen LogP contribution is 2.36. The van der Waals surface area contributed by atoms with E-state index in [0.717, 1.165) is 25.1 Å². The molecule has 22 heavy (non-hydrogen) atoms. The van der Waals surface area contributed by atoms with Crippen molar-refractivity contribution in [3.05, 3.63) is 24.3 Å². The third-order valence-corrected chi connectivity index (χ3v) is 5.15. The number of benzene rings is 1. The van der Waals surface area contributed by atoms with Crippen LogP contribution in [0.25, 0.3) is 0 Å². The zero-order chi connectivity index (χ0) is 16.0. The summed E-state index contributed by atoms with van der Waals surface area (Å²) in [5.74, 6) is 0. The van der Waals surface area contributed by atoms with Gasteiger partial charge in [0, 0.05) is 31.4 Å². The van der Waals surface area contributed by atoms with Crippen LogP contribution in [0.3, 0.4) is 0 Å². The van der Waals surface area contributed by atoms with Gasteiger partial charge in [-0.1, -0.05) is 12.1 Å². The Kier molecular flexibility index (Phi) is 4.00. The molecule has 2 heterocycles. The zero-order valence-corrected chi connectivity index (χ0v) is 14.3. The molecule has 0 amide bonds.